The highest BCUT2D eigenvalue weighted by molar-refractivity contribution is 5.66. The van der Waals surface area contributed by atoms with Gasteiger partial charge < -0.3 is 5.11 Å². The standard InChI is InChI=1S/C12H25NO2/c1-6-10(4)11(5)13(9(2)3)8-7-12(14)15/h9-11H,6-8H2,1-5H3,(H,14,15). The Hall–Kier alpha value is -0.570. The Labute approximate surface area is 93.5 Å². The fraction of sp³-hybridized carbons (Fsp3) is 0.917. The fourth-order valence-electron chi connectivity index (χ4n) is 1.82. The zero-order chi connectivity index (χ0) is 12.0. The summed E-state index contributed by atoms with van der Waals surface area (Å²) in [5.74, 6) is -0.0989. The third-order valence-electron chi connectivity index (χ3n) is 3.24. The molecule has 0 aliphatic rings. The molecule has 0 fully saturated rings. The second kappa shape index (κ2) is 6.83. The molecule has 0 aliphatic carbocycles. The summed E-state index contributed by atoms with van der Waals surface area (Å²) < 4.78 is 0. The summed E-state index contributed by atoms with van der Waals surface area (Å²) in [5.41, 5.74) is 0. The van der Waals surface area contributed by atoms with Crippen LogP contribution in [0.3, 0.4) is 0 Å². The van der Waals surface area contributed by atoms with Crippen molar-refractivity contribution in [2.45, 2.75) is 59.5 Å². The van der Waals surface area contributed by atoms with E-state index in [1.165, 1.54) is 0 Å². The van der Waals surface area contributed by atoms with Gasteiger partial charge in [-0.1, -0.05) is 20.3 Å². The molecular formula is C12H25NO2. The van der Waals surface area contributed by atoms with E-state index in [1.54, 1.807) is 0 Å². The maximum absolute atomic E-state index is 10.6. The number of hydrogen-bond donors (Lipinski definition) is 1. The van der Waals surface area contributed by atoms with Gasteiger partial charge in [0.1, 0.15) is 0 Å². The number of rotatable bonds is 7. The van der Waals surface area contributed by atoms with Crippen molar-refractivity contribution in [2.24, 2.45) is 5.92 Å². The number of carboxylic acids is 1. The largest absolute Gasteiger partial charge is 0.481 e. The molecule has 0 spiro atoms. The van der Waals surface area contributed by atoms with Gasteiger partial charge >= 0.3 is 5.97 Å². The number of carboxylic acid groups (broad SMARTS) is 1. The van der Waals surface area contributed by atoms with E-state index < -0.39 is 5.97 Å². The molecule has 2 unspecified atom stereocenters. The molecule has 3 heteroatoms. The number of nitrogens with zero attached hydrogens (tertiary/aromatic N) is 1. The molecule has 0 bridgehead atoms. The third-order valence-corrected chi connectivity index (χ3v) is 3.24. The van der Waals surface area contributed by atoms with Gasteiger partial charge in [0.25, 0.3) is 0 Å². The van der Waals surface area contributed by atoms with Crippen LogP contribution in [0.4, 0.5) is 0 Å². The molecular weight excluding hydrogens is 190 g/mol. The van der Waals surface area contributed by atoms with Crippen molar-refractivity contribution in [1.82, 2.24) is 4.90 Å². The van der Waals surface area contributed by atoms with Crippen molar-refractivity contribution in [3.05, 3.63) is 0 Å². The molecule has 3 nitrogen and oxygen atoms in total. The molecule has 0 aliphatic heterocycles. The van der Waals surface area contributed by atoms with Gasteiger partial charge in [-0.2, -0.15) is 0 Å². The molecule has 0 amide bonds. The van der Waals surface area contributed by atoms with Crippen LogP contribution in [0.15, 0.2) is 0 Å². The first-order valence-electron chi connectivity index (χ1n) is 5.87. The predicted molar refractivity (Wildman–Crippen MR) is 63.0 cm³/mol. The first kappa shape index (κ1) is 14.4. The van der Waals surface area contributed by atoms with Gasteiger partial charge in [0.05, 0.1) is 6.42 Å². The van der Waals surface area contributed by atoms with E-state index in [0.29, 0.717) is 24.5 Å². The van der Waals surface area contributed by atoms with E-state index in [-0.39, 0.29) is 6.42 Å². The number of carbonyl (C=O) groups is 1. The van der Waals surface area contributed by atoms with Crippen LogP contribution in [0, 0.1) is 5.92 Å². The van der Waals surface area contributed by atoms with Crippen LogP contribution in [-0.4, -0.2) is 34.6 Å². The van der Waals surface area contributed by atoms with Crippen LogP contribution in [0.25, 0.3) is 0 Å². The number of aliphatic carboxylic acids is 1. The predicted octanol–water partition coefficient (Wildman–Crippen LogP) is 2.61. The van der Waals surface area contributed by atoms with Crippen molar-refractivity contribution < 1.29 is 9.90 Å². The van der Waals surface area contributed by atoms with E-state index in [0.717, 1.165) is 6.42 Å². The van der Waals surface area contributed by atoms with E-state index in [2.05, 4.69) is 39.5 Å². The lowest BCUT2D eigenvalue weighted by Gasteiger charge is -2.35. The minimum Gasteiger partial charge on any atom is -0.481 e. The summed E-state index contributed by atoms with van der Waals surface area (Å²) in [4.78, 5) is 12.8. The summed E-state index contributed by atoms with van der Waals surface area (Å²) in [6, 6.07) is 0.864. The molecule has 90 valence electrons. The van der Waals surface area contributed by atoms with Crippen LogP contribution in [-0.2, 0) is 4.79 Å². The Bertz CT molecular complexity index is 192. The van der Waals surface area contributed by atoms with Gasteiger partial charge in [-0.05, 0) is 26.7 Å². The molecule has 1 N–H and O–H groups in total. The van der Waals surface area contributed by atoms with Gasteiger partial charge in [0.15, 0.2) is 0 Å². The lowest BCUT2D eigenvalue weighted by atomic mass is 9.98. The van der Waals surface area contributed by atoms with Crippen molar-refractivity contribution in [3.63, 3.8) is 0 Å². The summed E-state index contributed by atoms with van der Waals surface area (Å²) in [5, 5.41) is 8.70. The average Bonchev–Trinajstić information content (AvgIpc) is 2.15. The monoisotopic (exact) mass is 215 g/mol. The highest BCUT2D eigenvalue weighted by Gasteiger charge is 2.21. The van der Waals surface area contributed by atoms with Gasteiger partial charge in [0, 0.05) is 18.6 Å². The van der Waals surface area contributed by atoms with Crippen molar-refractivity contribution in [1.29, 1.82) is 0 Å². The molecule has 0 aromatic carbocycles. The summed E-state index contributed by atoms with van der Waals surface area (Å²) in [6.07, 6.45) is 1.37. The van der Waals surface area contributed by atoms with Gasteiger partial charge in [-0.3, -0.25) is 9.69 Å². The second-order valence-corrected chi connectivity index (χ2v) is 4.60. The molecule has 2 atom stereocenters. The SMILES string of the molecule is CCC(C)C(C)N(CCC(=O)O)C(C)C. The number of hydrogen-bond acceptors (Lipinski definition) is 2. The van der Waals surface area contributed by atoms with Crippen LogP contribution < -0.4 is 0 Å². The van der Waals surface area contributed by atoms with Crippen LogP contribution in [0.5, 0.6) is 0 Å². The van der Waals surface area contributed by atoms with Crippen LogP contribution >= 0.6 is 0 Å². The minimum atomic E-state index is -0.711. The molecule has 0 radical (unpaired) electrons. The molecule has 0 rings (SSSR count). The zero-order valence-corrected chi connectivity index (χ0v) is 10.7. The lowest BCUT2D eigenvalue weighted by Crippen LogP contribution is -2.43. The first-order valence-corrected chi connectivity index (χ1v) is 5.87. The molecule has 0 aromatic rings. The molecule has 0 saturated carbocycles. The van der Waals surface area contributed by atoms with Crippen LogP contribution in [0.2, 0.25) is 0 Å². The minimum absolute atomic E-state index is 0.235. The van der Waals surface area contributed by atoms with Crippen LogP contribution in [0.1, 0.15) is 47.5 Å². The molecule has 15 heavy (non-hydrogen) atoms. The third kappa shape index (κ3) is 5.17. The molecule has 0 saturated heterocycles. The smallest absolute Gasteiger partial charge is 0.304 e. The Morgan fingerprint density at radius 2 is 1.80 bits per heavy atom. The summed E-state index contributed by atoms with van der Waals surface area (Å²) >= 11 is 0. The summed E-state index contributed by atoms with van der Waals surface area (Å²) in [7, 11) is 0. The van der Waals surface area contributed by atoms with Crippen molar-refractivity contribution in [3.8, 4) is 0 Å². The highest BCUT2D eigenvalue weighted by Crippen LogP contribution is 2.17. The molecule has 0 heterocycles. The first-order chi connectivity index (χ1) is 6.90. The Kier molecular flexibility index (Phi) is 6.57. The van der Waals surface area contributed by atoms with E-state index in [4.69, 9.17) is 5.11 Å². The van der Waals surface area contributed by atoms with Crippen molar-refractivity contribution >= 4 is 5.97 Å². The Balaban J connectivity index is 4.31. The maximum Gasteiger partial charge on any atom is 0.304 e. The van der Waals surface area contributed by atoms with Gasteiger partial charge in [-0.15, -0.1) is 0 Å². The van der Waals surface area contributed by atoms with E-state index >= 15 is 0 Å². The highest BCUT2D eigenvalue weighted by atomic mass is 16.4. The normalized spacial score (nSPS) is 15.7. The summed E-state index contributed by atoms with van der Waals surface area (Å²) in [6.45, 7) is 11.5. The average molecular weight is 215 g/mol. The topological polar surface area (TPSA) is 40.5 Å². The molecule has 0 aromatic heterocycles. The Morgan fingerprint density at radius 1 is 1.27 bits per heavy atom. The van der Waals surface area contributed by atoms with E-state index in [1.807, 2.05) is 0 Å². The lowest BCUT2D eigenvalue weighted by molar-refractivity contribution is -0.137. The Morgan fingerprint density at radius 3 is 2.13 bits per heavy atom. The second-order valence-electron chi connectivity index (χ2n) is 4.60. The van der Waals surface area contributed by atoms with Gasteiger partial charge in [0.2, 0.25) is 0 Å². The fourth-order valence-corrected chi connectivity index (χ4v) is 1.82. The van der Waals surface area contributed by atoms with E-state index in [9.17, 15) is 4.79 Å². The van der Waals surface area contributed by atoms with Crippen molar-refractivity contribution in [2.75, 3.05) is 6.54 Å². The van der Waals surface area contributed by atoms with Gasteiger partial charge in [-0.25, -0.2) is 0 Å². The maximum atomic E-state index is 10.6. The zero-order valence-electron chi connectivity index (χ0n) is 10.7. The quantitative estimate of drug-likeness (QED) is 0.709.